The van der Waals surface area contributed by atoms with Crippen molar-refractivity contribution in [3.05, 3.63) is 53.6 Å². The Morgan fingerprint density at radius 1 is 0.739 bits per heavy atom. The van der Waals surface area contributed by atoms with Crippen LogP contribution in [-0.2, 0) is 0 Å². The van der Waals surface area contributed by atoms with Crippen LogP contribution in [-0.4, -0.2) is 7.11 Å². The van der Waals surface area contributed by atoms with Gasteiger partial charge in [-0.15, -0.1) is 0 Å². The van der Waals surface area contributed by atoms with Gasteiger partial charge in [0.15, 0.2) is 0 Å². The van der Waals surface area contributed by atoms with Crippen molar-refractivity contribution in [3.8, 4) is 16.9 Å². The van der Waals surface area contributed by atoms with Gasteiger partial charge in [-0.25, -0.2) is 8.78 Å². The van der Waals surface area contributed by atoms with E-state index in [0.29, 0.717) is 22.4 Å². The number of ether oxygens (including phenoxy) is 1. The molecule has 0 amide bonds. The number of rotatable bonds is 2. The topological polar surface area (TPSA) is 9.23 Å². The first kappa shape index (κ1) is 23.4. The summed E-state index contributed by atoms with van der Waals surface area (Å²) >= 11 is 0. The Morgan fingerprint density at radius 2 is 1.30 bits per heavy atom. The Bertz CT molecular complexity index is 551. The lowest BCUT2D eigenvalue weighted by Crippen LogP contribution is -1.90. The number of hydrogen-bond acceptors (Lipinski definition) is 1. The molecular formula is C20H30F2O. The average molecular weight is 324 g/mol. The van der Waals surface area contributed by atoms with Crippen molar-refractivity contribution in [3.63, 3.8) is 0 Å². The van der Waals surface area contributed by atoms with Crippen LogP contribution in [0.1, 0.15) is 47.1 Å². The summed E-state index contributed by atoms with van der Waals surface area (Å²) in [5, 5.41) is 0. The molecule has 0 fully saturated rings. The summed E-state index contributed by atoms with van der Waals surface area (Å²) < 4.78 is 32.1. The van der Waals surface area contributed by atoms with Crippen LogP contribution in [0, 0.1) is 18.6 Å². The fraction of sp³-hybridized carbons (Fsp3) is 0.400. The van der Waals surface area contributed by atoms with E-state index in [-0.39, 0.29) is 5.82 Å². The van der Waals surface area contributed by atoms with Crippen molar-refractivity contribution in [2.45, 2.75) is 48.5 Å². The number of aryl methyl sites for hydroxylation is 1. The van der Waals surface area contributed by atoms with Crippen LogP contribution in [0.25, 0.3) is 11.1 Å². The van der Waals surface area contributed by atoms with Crippen molar-refractivity contribution in [2.75, 3.05) is 7.11 Å². The molecule has 0 unspecified atom stereocenters. The molecule has 3 heteroatoms. The highest BCUT2D eigenvalue weighted by atomic mass is 19.1. The fourth-order valence-electron chi connectivity index (χ4n) is 1.62. The Morgan fingerprint density at radius 3 is 1.74 bits per heavy atom. The van der Waals surface area contributed by atoms with E-state index in [1.165, 1.54) is 19.2 Å². The predicted molar refractivity (Wildman–Crippen MR) is 97.1 cm³/mol. The van der Waals surface area contributed by atoms with Gasteiger partial charge in [-0.05, 0) is 36.2 Å². The zero-order valence-corrected chi connectivity index (χ0v) is 15.6. The van der Waals surface area contributed by atoms with Crippen LogP contribution in [0.3, 0.4) is 0 Å². The van der Waals surface area contributed by atoms with E-state index in [0.717, 1.165) is 0 Å². The second kappa shape index (κ2) is 13.7. The second-order valence-electron chi connectivity index (χ2n) is 3.81. The van der Waals surface area contributed by atoms with Gasteiger partial charge in [0.05, 0.1) is 7.11 Å². The molecule has 0 aliphatic carbocycles. The summed E-state index contributed by atoms with van der Waals surface area (Å²) in [5.41, 5.74) is 1.43. The van der Waals surface area contributed by atoms with Gasteiger partial charge in [0.1, 0.15) is 17.4 Å². The van der Waals surface area contributed by atoms with Crippen LogP contribution in [0.15, 0.2) is 36.4 Å². The first-order valence-electron chi connectivity index (χ1n) is 8.22. The molecule has 0 atom stereocenters. The zero-order valence-electron chi connectivity index (χ0n) is 15.6. The Hall–Kier alpha value is -1.90. The predicted octanol–water partition coefficient (Wildman–Crippen LogP) is 7.03. The monoisotopic (exact) mass is 324 g/mol. The maximum atomic E-state index is 13.8. The third-order valence-corrected chi connectivity index (χ3v) is 2.66. The Balaban J connectivity index is 0. The molecule has 2 aromatic rings. The molecule has 0 bridgehead atoms. The normalized spacial score (nSPS) is 8.43. The van der Waals surface area contributed by atoms with E-state index in [1.807, 2.05) is 41.5 Å². The minimum atomic E-state index is -0.424. The van der Waals surface area contributed by atoms with E-state index in [2.05, 4.69) is 0 Å². The lowest BCUT2D eigenvalue weighted by Gasteiger charge is -2.07. The Labute approximate surface area is 140 Å². The smallest absolute Gasteiger partial charge is 0.134 e. The van der Waals surface area contributed by atoms with E-state index in [1.54, 1.807) is 31.2 Å². The van der Waals surface area contributed by atoms with Gasteiger partial charge in [0.2, 0.25) is 0 Å². The van der Waals surface area contributed by atoms with Crippen LogP contribution in [0.2, 0.25) is 0 Å². The first-order valence-corrected chi connectivity index (χ1v) is 8.22. The van der Waals surface area contributed by atoms with Crippen molar-refractivity contribution in [2.24, 2.45) is 0 Å². The van der Waals surface area contributed by atoms with Gasteiger partial charge in [-0.3, -0.25) is 0 Å². The molecule has 0 aromatic heterocycles. The van der Waals surface area contributed by atoms with Gasteiger partial charge >= 0.3 is 0 Å². The summed E-state index contributed by atoms with van der Waals surface area (Å²) in [5.74, 6) is -0.316. The molecule has 130 valence electrons. The van der Waals surface area contributed by atoms with Crippen LogP contribution in [0.4, 0.5) is 8.78 Å². The highest BCUT2D eigenvalue weighted by Gasteiger charge is 2.08. The number of hydrogen-bond donors (Lipinski definition) is 0. The van der Waals surface area contributed by atoms with Gasteiger partial charge < -0.3 is 4.74 Å². The molecule has 0 heterocycles. The third-order valence-electron chi connectivity index (χ3n) is 2.66. The molecule has 2 rings (SSSR count). The van der Waals surface area contributed by atoms with Gasteiger partial charge in [0, 0.05) is 11.6 Å². The van der Waals surface area contributed by atoms with Crippen LogP contribution in [0.5, 0.6) is 5.75 Å². The second-order valence-corrected chi connectivity index (χ2v) is 3.81. The highest BCUT2D eigenvalue weighted by Crippen LogP contribution is 2.27. The summed E-state index contributed by atoms with van der Waals surface area (Å²) in [6.07, 6.45) is 0. The van der Waals surface area contributed by atoms with Crippen molar-refractivity contribution in [1.29, 1.82) is 0 Å². The van der Waals surface area contributed by atoms with Gasteiger partial charge in [-0.2, -0.15) is 0 Å². The largest absolute Gasteiger partial charge is 0.497 e. The summed E-state index contributed by atoms with van der Waals surface area (Å²) in [6.45, 7) is 13.7. The molecular weight excluding hydrogens is 294 g/mol. The standard InChI is InChI=1S/C14H12F2O.3C2H6/c1-9-3-4-10(7-13(9)15)12-6-5-11(17-2)8-14(12)16;3*1-2/h3-8H,1-2H3;3*1-2H3. The molecule has 0 N–H and O–H groups in total. The number of halogens is 2. The molecule has 0 spiro atoms. The van der Waals surface area contributed by atoms with Crippen molar-refractivity contribution < 1.29 is 13.5 Å². The molecule has 0 aliphatic rings. The van der Waals surface area contributed by atoms with Crippen LogP contribution >= 0.6 is 0 Å². The van der Waals surface area contributed by atoms with Gasteiger partial charge in [-0.1, -0.05) is 53.7 Å². The van der Waals surface area contributed by atoms with Crippen LogP contribution < -0.4 is 4.74 Å². The number of benzene rings is 2. The van der Waals surface area contributed by atoms with E-state index >= 15 is 0 Å². The summed E-state index contributed by atoms with van der Waals surface area (Å²) in [4.78, 5) is 0. The number of methoxy groups -OCH3 is 1. The van der Waals surface area contributed by atoms with Gasteiger partial charge in [0.25, 0.3) is 0 Å². The van der Waals surface area contributed by atoms with Crippen molar-refractivity contribution >= 4 is 0 Å². The fourth-order valence-corrected chi connectivity index (χ4v) is 1.62. The Kier molecular flexibility index (Phi) is 14.0. The molecule has 0 radical (unpaired) electrons. The minimum absolute atomic E-state index is 0.335. The molecule has 2 aromatic carbocycles. The molecule has 23 heavy (non-hydrogen) atoms. The zero-order chi connectivity index (χ0) is 18.4. The molecule has 0 saturated carbocycles. The SMILES string of the molecule is CC.CC.CC.COc1ccc(-c2ccc(C)c(F)c2)c(F)c1. The lowest BCUT2D eigenvalue weighted by molar-refractivity contribution is 0.411. The molecule has 0 aliphatic heterocycles. The first-order chi connectivity index (χ1) is 11.1. The molecule has 0 saturated heterocycles. The van der Waals surface area contributed by atoms with E-state index < -0.39 is 5.82 Å². The van der Waals surface area contributed by atoms with E-state index in [4.69, 9.17) is 4.74 Å². The average Bonchev–Trinajstić information content (AvgIpc) is 2.62. The maximum Gasteiger partial charge on any atom is 0.134 e. The minimum Gasteiger partial charge on any atom is -0.497 e. The van der Waals surface area contributed by atoms with Crippen molar-refractivity contribution in [1.82, 2.24) is 0 Å². The molecule has 1 nitrogen and oxygen atoms in total. The maximum absolute atomic E-state index is 13.8. The quantitative estimate of drug-likeness (QED) is 0.576. The van der Waals surface area contributed by atoms with E-state index in [9.17, 15) is 8.78 Å². The summed E-state index contributed by atoms with van der Waals surface area (Å²) in [6, 6.07) is 9.18. The lowest BCUT2D eigenvalue weighted by atomic mass is 10.0. The third kappa shape index (κ3) is 7.27. The summed E-state index contributed by atoms with van der Waals surface area (Å²) in [7, 11) is 1.47. The highest BCUT2D eigenvalue weighted by molar-refractivity contribution is 5.65.